The molecule has 2 N–H and O–H groups in total. The lowest BCUT2D eigenvalue weighted by molar-refractivity contribution is 0.179. The van der Waals surface area contributed by atoms with E-state index in [9.17, 15) is 0 Å². The van der Waals surface area contributed by atoms with Gasteiger partial charge in [0.1, 0.15) is 5.76 Å². The van der Waals surface area contributed by atoms with E-state index >= 15 is 0 Å². The molecule has 0 fully saturated rings. The Morgan fingerprint density at radius 3 is 3.11 bits per heavy atom. The minimum absolute atomic E-state index is 0.199. The van der Waals surface area contributed by atoms with E-state index in [1.165, 1.54) is 0 Å². The summed E-state index contributed by atoms with van der Waals surface area (Å²) >= 11 is 0. The lowest BCUT2D eigenvalue weighted by Crippen LogP contribution is -2.44. The molecule has 0 aliphatic rings. The fourth-order valence-corrected chi connectivity index (χ4v) is 1.58. The first-order valence-corrected chi connectivity index (χ1v) is 6.43. The highest BCUT2D eigenvalue weighted by Crippen LogP contribution is 2.00. The van der Waals surface area contributed by atoms with Crippen LogP contribution in [0.4, 0.5) is 0 Å². The topological polar surface area (TPSA) is 58.8 Å². The second-order valence-electron chi connectivity index (χ2n) is 4.23. The SMILES string of the molecule is C=CCNC(=NCCc1ccco1)NC(C)COC. The highest BCUT2D eigenvalue weighted by atomic mass is 16.5. The van der Waals surface area contributed by atoms with E-state index in [0.29, 0.717) is 19.7 Å². The minimum Gasteiger partial charge on any atom is -0.469 e. The predicted molar refractivity (Wildman–Crippen MR) is 77.4 cm³/mol. The summed E-state index contributed by atoms with van der Waals surface area (Å²) < 4.78 is 10.4. The van der Waals surface area contributed by atoms with Crippen LogP contribution in [0, 0.1) is 0 Å². The van der Waals surface area contributed by atoms with Gasteiger partial charge in [-0.1, -0.05) is 6.08 Å². The zero-order chi connectivity index (χ0) is 13.9. The van der Waals surface area contributed by atoms with Crippen molar-refractivity contribution in [2.75, 3.05) is 26.8 Å². The van der Waals surface area contributed by atoms with Crippen LogP contribution in [0.25, 0.3) is 0 Å². The van der Waals surface area contributed by atoms with Gasteiger partial charge in [-0.05, 0) is 19.1 Å². The average molecular weight is 265 g/mol. The number of ether oxygens (including phenoxy) is 1. The standard InChI is InChI=1S/C14H23N3O2/c1-4-8-15-14(17-12(2)11-18-3)16-9-7-13-6-5-10-19-13/h4-6,10,12H,1,7-9,11H2,2-3H3,(H2,15,16,17). The molecule has 0 aliphatic carbocycles. The number of aliphatic imine (C=N–C) groups is 1. The van der Waals surface area contributed by atoms with E-state index in [4.69, 9.17) is 9.15 Å². The summed E-state index contributed by atoms with van der Waals surface area (Å²) in [7, 11) is 1.68. The molecule has 1 rings (SSSR count). The number of furan rings is 1. The first-order chi connectivity index (χ1) is 9.26. The molecule has 1 atom stereocenters. The normalized spacial score (nSPS) is 13.1. The van der Waals surface area contributed by atoms with E-state index < -0.39 is 0 Å². The Bertz CT molecular complexity index is 374. The number of hydrogen-bond acceptors (Lipinski definition) is 3. The van der Waals surface area contributed by atoms with Crippen molar-refractivity contribution >= 4 is 5.96 Å². The van der Waals surface area contributed by atoms with Crippen LogP contribution in [-0.2, 0) is 11.2 Å². The lowest BCUT2D eigenvalue weighted by atomic mass is 10.3. The Kier molecular flexibility index (Phi) is 7.43. The number of rotatable bonds is 8. The molecule has 0 spiro atoms. The van der Waals surface area contributed by atoms with E-state index in [-0.39, 0.29) is 6.04 Å². The summed E-state index contributed by atoms with van der Waals surface area (Å²) in [5.74, 6) is 1.70. The van der Waals surface area contributed by atoms with Crippen molar-refractivity contribution in [2.24, 2.45) is 4.99 Å². The van der Waals surface area contributed by atoms with Crippen molar-refractivity contribution in [3.8, 4) is 0 Å². The van der Waals surface area contributed by atoms with Crippen molar-refractivity contribution in [1.29, 1.82) is 0 Å². The molecule has 0 amide bonds. The molecule has 0 aromatic carbocycles. The smallest absolute Gasteiger partial charge is 0.191 e. The third-order valence-electron chi connectivity index (χ3n) is 2.42. The van der Waals surface area contributed by atoms with Crippen LogP contribution in [0.3, 0.4) is 0 Å². The van der Waals surface area contributed by atoms with Gasteiger partial charge in [-0.2, -0.15) is 0 Å². The summed E-state index contributed by atoms with van der Waals surface area (Å²) in [6.45, 7) is 7.70. The predicted octanol–water partition coefficient (Wildman–Crippen LogP) is 1.58. The average Bonchev–Trinajstić information content (AvgIpc) is 2.89. The van der Waals surface area contributed by atoms with Crippen LogP contribution in [0.5, 0.6) is 0 Å². The van der Waals surface area contributed by atoms with E-state index in [1.54, 1.807) is 19.4 Å². The maximum Gasteiger partial charge on any atom is 0.191 e. The van der Waals surface area contributed by atoms with Crippen LogP contribution >= 0.6 is 0 Å². The Morgan fingerprint density at radius 2 is 2.47 bits per heavy atom. The third kappa shape index (κ3) is 6.67. The Morgan fingerprint density at radius 1 is 1.63 bits per heavy atom. The van der Waals surface area contributed by atoms with Crippen LogP contribution in [0.1, 0.15) is 12.7 Å². The first-order valence-electron chi connectivity index (χ1n) is 6.43. The third-order valence-corrected chi connectivity index (χ3v) is 2.42. The van der Waals surface area contributed by atoms with Crippen LogP contribution in [0.15, 0.2) is 40.5 Å². The molecule has 0 bridgehead atoms. The van der Waals surface area contributed by atoms with Gasteiger partial charge in [0.25, 0.3) is 0 Å². The number of nitrogens with one attached hydrogen (secondary N) is 2. The molecule has 106 valence electrons. The van der Waals surface area contributed by atoms with Crippen molar-refractivity contribution in [1.82, 2.24) is 10.6 Å². The highest BCUT2D eigenvalue weighted by Gasteiger charge is 2.04. The van der Waals surface area contributed by atoms with Crippen molar-refractivity contribution in [2.45, 2.75) is 19.4 Å². The minimum atomic E-state index is 0.199. The molecule has 1 aromatic heterocycles. The Hall–Kier alpha value is -1.75. The van der Waals surface area contributed by atoms with Gasteiger partial charge in [0, 0.05) is 32.7 Å². The Balaban J connectivity index is 2.44. The van der Waals surface area contributed by atoms with Gasteiger partial charge in [-0.25, -0.2) is 0 Å². The molecular formula is C14H23N3O2. The second kappa shape index (κ2) is 9.22. The number of nitrogens with zero attached hydrogens (tertiary/aromatic N) is 1. The fourth-order valence-electron chi connectivity index (χ4n) is 1.58. The van der Waals surface area contributed by atoms with E-state index in [0.717, 1.165) is 18.1 Å². The first kappa shape index (κ1) is 15.3. The van der Waals surface area contributed by atoms with Gasteiger partial charge in [-0.3, -0.25) is 4.99 Å². The molecule has 0 saturated carbocycles. The van der Waals surface area contributed by atoms with Crippen LogP contribution in [-0.4, -0.2) is 38.8 Å². The largest absolute Gasteiger partial charge is 0.469 e. The number of guanidine groups is 1. The molecule has 0 aliphatic heterocycles. The fraction of sp³-hybridized carbons (Fsp3) is 0.500. The van der Waals surface area contributed by atoms with Crippen molar-refractivity contribution < 1.29 is 9.15 Å². The summed E-state index contributed by atoms with van der Waals surface area (Å²) in [5.41, 5.74) is 0. The monoisotopic (exact) mass is 265 g/mol. The van der Waals surface area contributed by atoms with E-state index in [1.807, 2.05) is 19.1 Å². The highest BCUT2D eigenvalue weighted by molar-refractivity contribution is 5.80. The molecular weight excluding hydrogens is 242 g/mol. The van der Waals surface area contributed by atoms with Crippen LogP contribution < -0.4 is 10.6 Å². The molecule has 0 saturated heterocycles. The number of methoxy groups -OCH3 is 1. The van der Waals surface area contributed by atoms with Gasteiger partial charge in [0.2, 0.25) is 0 Å². The summed E-state index contributed by atoms with van der Waals surface area (Å²) in [6, 6.07) is 4.03. The summed E-state index contributed by atoms with van der Waals surface area (Å²) in [5, 5.41) is 6.44. The second-order valence-corrected chi connectivity index (χ2v) is 4.23. The zero-order valence-electron chi connectivity index (χ0n) is 11.7. The van der Waals surface area contributed by atoms with Crippen molar-refractivity contribution in [3.63, 3.8) is 0 Å². The maximum absolute atomic E-state index is 5.27. The summed E-state index contributed by atoms with van der Waals surface area (Å²) in [6.07, 6.45) is 4.26. The van der Waals surface area contributed by atoms with Gasteiger partial charge < -0.3 is 19.8 Å². The molecule has 1 unspecified atom stereocenters. The molecule has 5 nitrogen and oxygen atoms in total. The van der Waals surface area contributed by atoms with Gasteiger partial charge in [0.05, 0.1) is 12.9 Å². The van der Waals surface area contributed by atoms with Gasteiger partial charge in [0.15, 0.2) is 5.96 Å². The molecule has 19 heavy (non-hydrogen) atoms. The summed E-state index contributed by atoms with van der Waals surface area (Å²) in [4.78, 5) is 4.49. The number of hydrogen-bond donors (Lipinski definition) is 2. The maximum atomic E-state index is 5.27. The van der Waals surface area contributed by atoms with Crippen molar-refractivity contribution in [3.05, 3.63) is 36.8 Å². The zero-order valence-corrected chi connectivity index (χ0v) is 11.7. The van der Waals surface area contributed by atoms with Crippen LogP contribution in [0.2, 0.25) is 0 Å². The Labute approximate surface area is 114 Å². The lowest BCUT2D eigenvalue weighted by Gasteiger charge is -2.16. The quantitative estimate of drug-likeness (QED) is 0.425. The molecule has 5 heteroatoms. The molecule has 1 heterocycles. The molecule has 1 aromatic rings. The van der Waals surface area contributed by atoms with E-state index in [2.05, 4.69) is 22.2 Å². The van der Waals surface area contributed by atoms with Gasteiger partial charge >= 0.3 is 0 Å². The molecule has 0 radical (unpaired) electrons. The van der Waals surface area contributed by atoms with Gasteiger partial charge in [-0.15, -0.1) is 6.58 Å².